The molecule has 0 aromatic heterocycles. The van der Waals surface area contributed by atoms with Gasteiger partial charge in [-0.2, -0.15) is 0 Å². The monoisotopic (exact) mass is 442 g/mol. The molecule has 1 aliphatic rings. The lowest BCUT2D eigenvalue weighted by atomic mass is 10.0. The first-order valence-corrected chi connectivity index (χ1v) is 9.16. The van der Waals surface area contributed by atoms with Gasteiger partial charge >= 0.3 is 0 Å². The Morgan fingerprint density at radius 3 is 1.72 bits per heavy atom. The maximum absolute atomic E-state index is 13.3. The summed E-state index contributed by atoms with van der Waals surface area (Å²) in [4.78, 5) is 4.61. The average Bonchev–Trinajstić information content (AvgIpc) is 2.69. The van der Waals surface area contributed by atoms with Crippen molar-refractivity contribution in [2.24, 2.45) is 0 Å². The first kappa shape index (κ1) is 25.4. The Balaban J connectivity index is 0.00000210. The molecule has 29 heavy (non-hydrogen) atoms. The molecule has 2 aromatic rings. The van der Waals surface area contributed by atoms with E-state index < -0.39 is 0 Å². The van der Waals surface area contributed by atoms with Gasteiger partial charge in [-0.1, -0.05) is 30.2 Å². The van der Waals surface area contributed by atoms with Crippen LogP contribution in [0.15, 0.2) is 48.5 Å². The molecular formula is C22H26Cl2F2N2O. The molecule has 1 fully saturated rings. The van der Waals surface area contributed by atoms with Crippen LogP contribution in [0.1, 0.15) is 17.2 Å². The highest BCUT2D eigenvalue weighted by Gasteiger charge is 2.18. The molecule has 3 nitrogen and oxygen atoms in total. The molecule has 0 saturated carbocycles. The fourth-order valence-electron chi connectivity index (χ4n) is 3.26. The molecule has 0 unspecified atom stereocenters. The van der Waals surface area contributed by atoms with E-state index in [0.29, 0.717) is 13.2 Å². The Kier molecular flexibility index (Phi) is 11.2. The Morgan fingerprint density at radius 1 is 0.828 bits per heavy atom. The molecule has 0 amide bonds. The third-order valence-electron chi connectivity index (χ3n) is 4.82. The van der Waals surface area contributed by atoms with Gasteiger partial charge < -0.3 is 4.74 Å². The van der Waals surface area contributed by atoms with E-state index in [1.54, 1.807) is 24.3 Å². The van der Waals surface area contributed by atoms with Crippen LogP contribution in [0.25, 0.3) is 0 Å². The predicted octanol–water partition coefficient (Wildman–Crippen LogP) is 4.17. The number of nitrogens with zero attached hydrogens (tertiary/aromatic N) is 2. The summed E-state index contributed by atoms with van der Waals surface area (Å²) < 4.78 is 32.7. The van der Waals surface area contributed by atoms with Crippen LogP contribution in [-0.4, -0.2) is 55.7 Å². The van der Waals surface area contributed by atoms with E-state index in [-0.39, 0.29) is 42.6 Å². The second kappa shape index (κ2) is 12.8. The quantitative estimate of drug-likeness (QED) is 0.598. The fraction of sp³-hybridized carbons (Fsp3) is 0.364. The SMILES string of the molecule is C#CCN1CCN(CCOC(c2ccc(F)cc2)c2ccc(F)cc2)CC1.Cl.Cl. The smallest absolute Gasteiger partial charge is 0.123 e. The maximum Gasteiger partial charge on any atom is 0.123 e. The van der Waals surface area contributed by atoms with Gasteiger partial charge in [0.2, 0.25) is 0 Å². The van der Waals surface area contributed by atoms with Crippen LogP contribution in [0, 0.1) is 24.0 Å². The number of halogens is 4. The zero-order valence-electron chi connectivity index (χ0n) is 16.1. The molecule has 7 heteroatoms. The van der Waals surface area contributed by atoms with E-state index in [2.05, 4.69) is 15.7 Å². The highest BCUT2D eigenvalue weighted by atomic mass is 35.5. The van der Waals surface area contributed by atoms with Crippen LogP contribution in [0.3, 0.4) is 0 Å². The van der Waals surface area contributed by atoms with Crippen LogP contribution in [-0.2, 0) is 4.74 Å². The summed E-state index contributed by atoms with van der Waals surface area (Å²) in [6.07, 6.45) is 5.01. The van der Waals surface area contributed by atoms with E-state index >= 15 is 0 Å². The number of hydrogen-bond acceptors (Lipinski definition) is 3. The highest BCUT2D eigenvalue weighted by Crippen LogP contribution is 2.26. The third-order valence-corrected chi connectivity index (χ3v) is 4.82. The first-order chi connectivity index (χ1) is 13.2. The fourth-order valence-corrected chi connectivity index (χ4v) is 3.26. The summed E-state index contributed by atoms with van der Waals surface area (Å²) >= 11 is 0. The largest absolute Gasteiger partial charge is 0.367 e. The van der Waals surface area contributed by atoms with Crippen LogP contribution in [0.2, 0.25) is 0 Å². The lowest BCUT2D eigenvalue weighted by Gasteiger charge is -2.33. The van der Waals surface area contributed by atoms with Crippen LogP contribution in [0.4, 0.5) is 8.78 Å². The topological polar surface area (TPSA) is 15.7 Å². The van der Waals surface area contributed by atoms with Gasteiger partial charge in [0.15, 0.2) is 0 Å². The van der Waals surface area contributed by atoms with Crippen LogP contribution < -0.4 is 0 Å². The molecule has 0 radical (unpaired) electrons. The summed E-state index contributed by atoms with van der Waals surface area (Å²) in [7, 11) is 0. The Bertz CT molecular complexity index is 712. The molecule has 2 aromatic carbocycles. The summed E-state index contributed by atoms with van der Waals surface area (Å²) in [5, 5.41) is 0. The normalized spacial score (nSPS) is 14.7. The summed E-state index contributed by atoms with van der Waals surface area (Å²) in [5.74, 6) is 2.10. The molecular weight excluding hydrogens is 417 g/mol. The molecule has 1 aliphatic heterocycles. The van der Waals surface area contributed by atoms with E-state index in [0.717, 1.165) is 43.9 Å². The van der Waals surface area contributed by atoms with Gasteiger partial charge in [0.25, 0.3) is 0 Å². The lowest BCUT2D eigenvalue weighted by molar-refractivity contribution is 0.0469. The van der Waals surface area contributed by atoms with E-state index in [9.17, 15) is 8.78 Å². The van der Waals surface area contributed by atoms with Crippen molar-refractivity contribution in [1.82, 2.24) is 9.80 Å². The van der Waals surface area contributed by atoms with Gasteiger partial charge in [0.05, 0.1) is 13.2 Å². The van der Waals surface area contributed by atoms with Crippen molar-refractivity contribution in [2.45, 2.75) is 6.10 Å². The number of benzene rings is 2. The Labute approximate surface area is 183 Å². The van der Waals surface area contributed by atoms with E-state index in [1.165, 1.54) is 24.3 Å². The molecule has 0 spiro atoms. The number of rotatable bonds is 7. The van der Waals surface area contributed by atoms with Crippen LogP contribution >= 0.6 is 24.8 Å². The molecule has 158 valence electrons. The molecule has 3 rings (SSSR count). The minimum Gasteiger partial charge on any atom is -0.367 e. The average molecular weight is 443 g/mol. The molecule has 0 atom stereocenters. The van der Waals surface area contributed by atoms with Crippen molar-refractivity contribution in [2.75, 3.05) is 45.9 Å². The van der Waals surface area contributed by atoms with E-state index in [4.69, 9.17) is 11.2 Å². The Morgan fingerprint density at radius 2 is 1.28 bits per heavy atom. The summed E-state index contributed by atoms with van der Waals surface area (Å²) in [6.45, 7) is 5.89. The highest BCUT2D eigenvalue weighted by molar-refractivity contribution is 5.85. The molecule has 1 saturated heterocycles. The second-order valence-electron chi connectivity index (χ2n) is 6.68. The van der Waals surface area contributed by atoms with Crippen molar-refractivity contribution in [1.29, 1.82) is 0 Å². The third kappa shape index (κ3) is 7.58. The van der Waals surface area contributed by atoms with Gasteiger partial charge in [0.1, 0.15) is 17.7 Å². The van der Waals surface area contributed by atoms with E-state index in [1.807, 2.05) is 0 Å². The van der Waals surface area contributed by atoms with Crippen molar-refractivity contribution in [3.05, 3.63) is 71.3 Å². The summed E-state index contributed by atoms with van der Waals surface area (Å²) in [5.41, 5.74) is 1.70. The van der Waals surface area contributed by atoms with Crippen molar-refractivity contribution < 1.29 is 13.5 Å². The maximum atomic E-state index is 13.3. The zero-order chi connectivity index (χ0) is 19.1. The second-order valence-corrected chi connectivity index (χ2v) is 6.68. The minimum atomic E-state index is -0.353. The van der Waals surface area contributed by atoms with Gasteiger partial charge in [-0.3, -0.25) is 9.80 Å². The van der Waals surface area contributed by atoms with Gasteiger partial charge in [-0.15, -0.1) is 31.2 Å². The van der Waals surface area contributed by atoms with Gasteiger partial charge in [-0.05, 0) is 35.4 Å². The Hall–Kier alpha value is -1.68. The first-order valence-electron chi connectivity index (χ1n) is 9.16. The number of hydrogen-bond donors (Lipinski definition) is 0. The van der Waals surface area contributed by atoms with Crippen molar-refractivity contribution in [3.8, 4) is 12.3 Å². The molecule has 0 N–H and O–H groups in total. The zero-order valence-corrected chi connectivity index (χ0v) is 17.7. The van der Waals surface area contributed by atoms with Crippen LogP contribution in [0.5, 0.6) is 0 Å². The molecule has 0 bridgehead atoms. The standard InChI is InChI=1S/C22H24F2N2O.2ClH/c1-2-11-25-12-14-26(15-13-25)16-17-27-22(18-3-7-20(23)8-4-18)19-5-9-21(24)10-6-19;;/h1,3-10,22H,11-17H2;2*1H. The minimum absolute atomic E-state index is 0. The predicted molar refractivity (Wildman–Crippen MR) is 117 cm³/mol. The number of terminal acetylenes is 1. The lowest BCUT2D eigenvalue weighted by Crippen LogP contribution is -2.47. The molecule has 1 heterocycles. The number of piperazine rings is 1. The van der Waals surface area contributed by atoms with Gasteiger partial charge in [-0.25, -0.2) is 8.78 Å². The van der Waals surface area contributed by atoms with Crippen molar-refractivity contribution >= 4 is 24.8 Å². The molecule has 0 aliphatic carbocycles. The van der Waals surface area contributed by atoms with Gasteiger partial charge in [0, 0.05) is 32.7 Å². The van der Waals surface area contributed by atoms with Crippen molar-refractivity contribution in [3.63, 3.8) is 0 Å². The number of ether oxygens (including phenoxy) is 1. The summed E-state index contributed by atoms with van der Waals surface area (Å²) in [6, 6.07) is 12.5.